The van der Waals surface area contributed by atoms with Gasteiger partial charge in [0, 0.05) is 6.08 Å². The molecule has 1 atom stereocenters. The fourth-order valence-electron chi connectivity index (χ4n) is 1.06. The lowest BCUT2D eigenvalue weighted by Crippen LogP contribution is -2.30. The topological polar surface area (TPSA) is 78.9 Å². The standard InChI is InChI=1S/C13H18O6/c1-4-6-17-8-11(9-18-12(15)5-2)19-13(16)7-10(3)14/h4-5,11H,1-2,6-9H2,3H3. The third-order valence-electron chi connectivity index (χ3n) is 1.81. The number of hydrogen-bond acceptors (Lipinski definition) is 6. The van der Waals surface area contributed by atoms with Crippen LogP contribution in [0.3, 0.4) is 0 Å². The summed E-state index contributed by atoms with van der Waals surface area (Å²) >= 11 is 0. The van der Waals surface area contributed by atoms with Gasteiger partial charge in [-0.2, -0.15) is 0 Å². The maximum absolute atomic E-state index is 11.3. The lowest BCUT2D eigenvalue weighted by molar-refractivity contribution is -0.161. The zero-order valence-corrected chi connectivity index (χ0v) is 10.9. The Morgan fingerprint density at radius 1 is 1.21 bits per heavy atom. The Balaban J connectivity index is 4.26. The number of rotatable bonds is 10. The molecule has 0 bridgehead atoms. The van der Waals surface area contributed by atoms with Gasteiger partial charge in [-0.25, -0.2) is 4.79 Å². The van der Waals surface area contributed by atoms with Crippen LogP contribution in [0.1, 0.15) is 13.3 Å². The van der Waals surface area contributed by atoms with Crippen molar-refractivity contribution < 1.29 is 28.6 Å². The van der Waals surface area contributed by atoms with E-state index in [0.717, 1.165) is 6.08 Å². The van der Waals surface area contributed by atoms with Crippen molar-refractivity contribution in [1.29, 1.82) is 0 Å². The highest BCUT2D eigenvalue weighted by Gasteiger charge is 2.17. The van der Waals surface area contributed by atoms with Gasteiger partial charge in [-0.1, -0.05) is 12.7 Å². The molecule has 6 nitrogen and oxygen atoms in total. The molecule has 0 heterocycles. The van der Waals surface area contributed by atoms with Crippen LogP contribution in [0.4, 0.5) is 0 Å². The molecule has 0 amide bonds. The maximum atomic E-state index is 11.3. The molecule has 1 unspecified atom stereocenters. The molecule has 106 valence electrons. The van der Waals surface area contributed by atoms with Crippen molar-refractivity contribution in [1.82, 2.24) is 0 Å². The van der Waals surface area contributed by atoms with Crippen LogP contribution in [0.25, 0.3) is 0 Å². The van der Waals surface area contributed by atoms with Crippen LogP contribution in [-0.4, -0.2) is 43.6 Å². The Hall–Kier alpha value is -1.95. The summed E-state index contributed by atoms with van der Waals surface area (Å²) in [5.41, 5.74) is 0. The molecule has 0 aliphatic heterocycles. The Morgan fingerprint density at radius 2 is 1.89 bits per heavy atom. The zero-order chi connectivity index (χ0) is 14.7. The second-order valence-electron chi connectivity index (χ2n) is 3.65. The van der Waals surface area contributed by atoms with E-state index in [0.29, 0.717) is 0 Å². The number of carbonyl (C=O) groups is 3. The molecule has 0 aliphatic rings. The van der Waals surface area contributed by atoms with Gasteiger partial charge in [0.1, 0.15) is 18.8 Å². The largest absolute Gasteiger partial charge is 0.458 e. The molecule has 0 saturated heterocycles. The minimum atomic E-state index is -0.768. The summed E-state index contributed by atoms with van der Waals surface area (Å²) in [4.78, 5) is 33.0. The van der Waals surface area contributed by atoms with Gasteiger partial charge in [-0.15, -0.1) is 6.58 Å². The first kappa shape index (κ1) is 17.1. The fourth-order valence-corrected chi connectivity index (χ4v) is 1.06. The van der Waals surface area contributed by atoms with Crippen LogP contribution >= 0.6 is 0 Å². The molecule has 0 saturated carbocycles. The predicted octanol–water partition coefficient (Wildman–Crippen LogP) is 0.809. The fraction of sp³-hybridized carbons (Fsp3) is 0.462. The zero-order valence-electron chi connectivity index (χ0n) is 10.9. The summed E-state index contributed by atoms with van der Waals surface area (Å²) in [5, 5.41) is 0. The van der Waals surface area contributed by atoms with E-state index in [4.69, 9.17) is 14.2 Å². The van der Waals surface area contributed by atoms with Crippen LogP contribution in [0.15, 0.2) is 25.3 Å². The van der Waals surface area contributed by atoms with Crippen molar-refractivity contribution in [3.8, 4) is 0 Å². The van der Waals surface area contributed by atoms with Crippen LogP contribution in [-0.2, 0) is 28.6 Å². The molecule has 0 rings (SSSR count). The molecule has 6 heteroatoms. The van der Waals surface area contributed by atoms with Crippen molar-refractivity contribution in [2.75, 3.05) is 19.8 Å². The van der Waals surface area contributed by atoms with Gasteiger partial charge >= 0.3 is 11.9 Å². The van der Waals surface area contributed by atoms with Crippen molar-refractivity contribution >= 4 is 17.7 Å². The Morgan fingerprint density at radius 3 is 2.42 bits per heavy atom. The third kappa shape index (κ3) is 9.72. The molecule has 0 spiro atoms. The van der Waals surface area contributed by atoms with Gasteiger partial charge in [0.25, 0.3) is 0 Å². The van der Waals surface area contributed by atoms with Crippen molar-refractivity contribution in [3.05, 3.63) is 25.3 Å². The quantitative estimate of drug-likeness (QED) is 0.192. The first-order valence-electron chi connectivity index (χ1n) is 5.66. The second kappa shape index (κ2) is 10.0. The van der Waals surface area contributed by atoms with Crippen LogP contribution in [0.2, 0.25) is 0 Å². The molecule has 0 aromatic rings. The lowest BCUT2D eigenvalue weighted by Gasteiger charge is -2.17. The monoisotopic (exact) mass is 270 g/mol. The van der Waals surface area contributed by atoms with E-state index >= 15 is 0 Å². The van der Waals surface area contributed by atoms with E-state index in [1.165, 1.54) is 13.0 Å². The smallest absolute Gasteiger partial charge is 0.330 e. The van der Waals surface area contributed by atoms with E-state index < -0.39 is 18.0 Å². The minimum Gasteiger partial charge on any atom is -0.458 e. The summed E-state index contributed by atoms with van der Waals surface area (Å²) < 4.78 is 14.9. The highest BCUT2D eigenvalue weighted by atomic mass is 16.6. The number of hydrogen-bond donors (Lipinski definition) is 0. The Bertz CT molecular complexity index is 347. The third-order valence-corrected chi connectivity index (χ3v) is 1.81. The molecule has 0 aromatic heterocycles. The van der Waals surface area contributed by atoms with Crippen molar-refractivity contribution in [2.24, 2.45) is 0 Å². The minimum absolute atomic E-state index is 0.0418. The number of ether oxygens (including phenoxy) is 3. The summed E-state index contributed by atoms with van der Waals surface area (Å²) in [6.07, 6.45) is 1.44. The molecular weight excluding hydrogens is 252 g/mol. The van der Waals surface area contributed by atoms with E-state index in [1.54, 1.807) is 0 Å². The number of esters is 2. The van der Waals surface area contributed by atoms with E-state index in [-0.39, 0.29) is 32.0 Å². The van der Waals surface area contributed by atoms with Gasteiger partial charge in [0.2, 0.25) is 0 Å². The van der Waals surface area contributed by atoms with Gasteiger partial charge in [0.05, 0.1) is 13.2 Å². The number of Topliss-reactive ketones (excluding diaryl/α,β-unsaturated/α-hetero) is 1. The number of ketones is 1. The van der Waals surface area contributed by atoms with Gasteiger partial charge in [-0.05, 0) is 6.92 Å². The first-order valence-corrected chi connectivity index (χ1v) is 5.66. The maximum Gasteiger partial charge on any atom is 0.330 e. The van der Waals surface area contributed by atoms with Gasteiger partial charge < -0.3 is 14.2 Å². The lowest BCUT2D eigenvalue weighted by atomic mass is 10.3. The molecule has 19 heavy (non-hydrogen) atoms. The van der Waals surface area contributed by atoms with Gasteiger partial charge in [0.15, 0.2) is 6.10 Å². The van der Waals surface area contributed by atoms with Crippen LogP contribution in [0.5, 0.6) is 0 Å². The van der Waals surface area contributed by atoms with Crippen molar-refractivity contribution in [3.63, 3.8) is 0 Å². The summed E-state index contributed by atoms with van der Waals surface area (Å²) in [6, 6.07) is 0. The molecule has 0 aliphatic carbocycles. The second-order valence-corrected chi connectivity index (χ2v) is 3.65. The number of carbonyl (C=O) groups excluding carboxylic acids is 3. The normalized spacial score (nSPS) is 11.2. The average Bonchev–Trinajstić information content (AvgIpc) is 2.34. The van der Waals surface area contributed by atoms with Crippen molar-refractivity contribution in [2.45, 2.75) is 19.4 Å². The van der Waals surface area contributed by atoms with E-state index in [9.17, 15) is 14.4 Å². The van der Waals surface area contributed by atoms with Crippen LogP contribution < -0.4 is 0 Å². The summed E-state index contributed by atoms with van der Waals surface area (Å²) in [7, 11) is 0. The SMILES string of the molecule is C=CCOCC(COC(=O)C=C)OC(=O)CC(C)=O. The van der Waals surface area contributed by atoms with Gasteiger partial charge in [-0.3, -0.25) is 9.59 Å². The van der Waals surface area contributed by atoms with Crippen LogP contribution in [0, 0.1) is 0 Å². The molecule has 0 N–H and O–H groups in total. The first-order chi connectivity index (χ1) is 8.99. The Kier molecular flexibility index (Phi) is 8.99. The Labute approximate surface area is 112 Å². The van der Waals surface area contributed by atoms with E-state index in [1.807, 2.05) is 0 Å². The summed E-state index contributed by atoms with van der Waals surface area (Å²) in [6.45, 7) is 8.15. The van der Waals surface area contributed by atoms with E-state index in [2.05, 4.69) is 13.2 Å². The molecular formula is C13H18O6. The average molecular weight is 270 g/mol. The molecule has 0 radical (unpaired) electrons. The summed E-state index contributed by atoms with van der Waals surface area (Å²) in [5.74, 6) is -1.62. The predicted molar refractivity (Wildman–Crippen MR) is 67.4 cm³/mol. The highest BCUT2D eigenvalue weighted by Crippen LogP contribution is 2.00. The molecule has 0 aromatic carbocycles. The molecule has 0 fully saturated rings. The highest BCUT2D eigenvalue weighted by molar-refractivity contribution is 5.94.